The summed E-state index contributed by atoms with van der Waals surface area (Å²) in [6.45, 7) is 4.60. The van der Waals surface area contributed by atoms with Gasteiger partial charge in [-0.2, -0.15) is 0 Å². The van der Waals surface area contributed by atoms with Gasteiger partial charge < -0.3 is 10.6 Å². The Kier molecular flexibility index (Phi) is 4.71. The van der Waals surface area contributed by atoms with Crippen LogP contribution in [-0.2, 0) is 6.54 Å². The molecule has 0 bridgehead atoms. The third kappa shape index (κ3) is 4.09. The van der Waals surface area contributed by atoms with E-state index in [0.29, 0.717) is 18.2 Å². The van der Waals surface area contributed by atoms with Crippen LogP contribution in [0.4, 0.5) is 5.69 Å². The van der Waals surface area contributed by atoms with Gasteiger partial charge in [-0.05, 0) is 25.5 Å². The summed E-state index contributed by atoms with van der Waals surface area (Å²) in [6, 6.07) is 11.9. The van der Waals surface area contributed by atoms with Crippen LogP contribution in [0.2, 0.25) is 0 Å². The Balaban J connectivity index is 1.98. The fourth-order valence-electron chi connectivity index (χ4n) is 1.86. The van der Waals surface area contributed by atoms with E-state index in [4.69, 9.17) is 0 Å². The fourth-order valence-corrected chi connectivity index (χ4v) is 1.86. The highest BCUT2D eigenvalue weighted by Crippen LogP contribution is 2.10. The number of nitrogens with one attached hydrogen (secondary N) is 2. The number of rotatable bonds is 5. The Morgan fingerprint density at radius 1 is 1.20 bits per heavy atom. The SMILES string of the molecule is CC(C)Nc1cncc(C(=O)NCc2ccccc2)c1. The third-order valence-corrected chi connectivity index (χ3v) is 2.75. The lowest BCUT2D eigenvalue weighted by atomic mass is 10.2. The molecule has 0 spiro atoms. The Hall–Kier alpha value is -2.36. The van der Waals surface area contributed by atoms with Crippen molar-refractivity contribution in [3.05, 3.63) is 59.9 Å². The average molecular weight is 269 g/mol. The van der Waals surface area contributed by atoms with E-state index in [0.717, 1.165) is 11.3 Å². The van der Waals surface area contributed by atoms with Gasteiger partial charge in [-0.15, -0.1) is 0 Å². The van der Waals surface area contributed by atoms with Crippen molar-refractivity contribution < 1.29 is 4.79 Å². The van der Waals surface area contributed by atoms with E-state index in [1.54, 1.807) is 12.4 Å². The summed E-state index contributed by atoms with van der Waals surface area (Å²) >= 11 is 0. The van der Waals surface area contributed by atoms with Gasteiger partial charge in [-0.1, -0.05) is 30.3 Å². The van der Waals surface area contributed by atoms with Crippen molar-refractivity contribution in [1.82, 2.24) is 10.3 Å². The second-order valence-electron chi connectivity index (χ2n) is 4.93. The van der Waals surface area contributed by atoms with Gasteiger partial charge in [-0.25, -0.2) is 0 Å². The molecule has 1 aromatic heterocycles. The monoisotopic (exact) mass is 269 g/mol. The first-order chi connectivity index (χ1) is 9.65. The largest absolute Gasteiger partial charge is 0.382 e. The maximum Gasteiger partial charge on any atom is 0.253 e. The first-order valence-electron chi connectivity index (χ1n) is 6.69. The molecule has 4 nitrogen and oxygen atoms in total. The number of carbonyl (C=O) groups excluding carboxylic acids is 1. The lowest BCUT2D eigenvalue weighted by Gasteiger charge is -2.11. The molecule has 4 heteroatoms. The number of hydrogen-bond acceptors (Lipinski definition) is 3. The van der Waals surface area contributed by atoms with Crippen molar-refractivity contribution in [1.29, 1.82) is 0 Å². The lowest BCUT2D eigenvalue weighted by molar-refractivity contribution is 0.0950. The second kappa shape index (κ2) is 6.70. The van der Waals surface area contributed by atoms with Gasteiger partial charge in [0.05, 0.1) is 11.3 Å². The molecule has 2 aromatic rings. The summed E-state index contributed by atoms with van der Waals surface area (Å²) in [5.41, 5.74) is 2.49. The van der Waals surface area contributed by atoms with Crippen molar-refractivity contribution in [2.24, 2.45) is 0 Å². The molecule has 0 saturated carbocycles. The number of hydrogen-bond donors (Lipinski definition) is 2. The summed E-state index contributed by atoms with van der Waals surface area (Å²) < 4.78 is 0. The molecule has 1 amide bonds. The van der Waals surface area contributed by atoms with E-state index in [1.807, 2.05) is 50.2 Å². The van der Waals surface area contributed by atoms with Crippen molar-refractivity contribution in [2.75, 3.05) is 5.32 Å². The topological polar surface area (TPSA) is 54.0 Å². The van der Waals surface area contributed by atoms with Crippen LogP contribution in [0, 0.1) is 0 Å². The second-order valence-corrected chi connectivity index (χ2v) is 4.93. The molecule has 0 unspecified atom stereocenters. The zero-order valence-corrected chi connectivity index (χ0v) is 11.8. The summed E-state index contributed by atoms with van der Waals surface area (Å²) in [7, 11) is 0. The quantitative estimate of drug-likeness (QED) is 0.877. The highest BCUT2D eigenvalue weighted by atomic mass is 16.1. The smallest absolute Gasteiger partial charge is 0.253 e. The number of nitrogens with zero attached hydrogens (tertiary/aromatic N) is 1. The summed E-state index contributed by atoms with van der Waals surface area (Å²) in [5.74, 6) is -0.117. The van der Waals surface area contributed by atoms with Crippen LogP contribution in [0.25, 0.3) is 0 Å². The first kappa shape index (κ1) is 14.1. The molecule has 0 aliphatic heterocycles. The number of pyridine rings is 1. The van der Waals surface area contributed by atoms with Crippen LogP contribution in [0.3, 0.4) is 0 Å². The third-order valence-electron chi connectivity index (χ3n) is 2.75. The Morgan fingerprint density at radius 2 is 1.95 bits per heavy atom. The average Bonchev–Trinajstić information content (AvgIpc) is 2.45. The minimum atomic E-state index is -0.117. The van der Waals surface area contributed by atoms with Gasteiger partial charge in [0.1, 0.15) is 0 Å². The minimum Gasteiger partial charge on any atom is -0.382 e. The van der Waals surface area contributed by atoms with E-state index >= 15 is 0 Å². The van der Waals surface area contributed by atoms with E-state index in [1.165, 1.54) is 0 Å². The van der Waals surface area contributed by atoms with Gasteiger partial charge in [-0.3, -0.25) is 9.78 Å². The number of benzene rings is 1. The highest BCUT2D eigenvalue weighted by Gasteiger charge is 2.07. The van der Waals surface area contributed by atoms with Crippen LogP contribution < -0.4 is 10.6 Å². The summed E-state index contributed by atoms with van der Waals surface area (Å²) in [4.78, 5) is 16.2. The van der Waals surface area contributed by atoms with E-state index in [-0.39, 0.29) is 5.91 Å². The van der Waals surface area contributed by atoms with Crippen molar-refractivity contribution in [2.45, 2.75) is 26.4 Å². The van der Waals surface area contributed by atoms with Crippen LogP contribution in [0.1, 0.15) is 29.8 Å². The molecule has 1 aromatic carbocycles. The standard InChI is InChI=1S/C16H19N3O/c1-12(2)19-15-8-14(10-17-11-15)16(20)18-9-13-6-4-3-5-7-13/h3-8,10-12,19H,9H2,1-2H3,(H,18,20). The minimum absolute atomic E-state index is 0.117. The van der Waals surface area contributed by atoms with Crippen molar-refractivity contribution in [3.8, 4) is 0 Å². The molecule has 0 aliphatic rings. The van der Waals surface area contributed by atoms with Gasteiger partial charge >= 0.3 is 0 Å². The fraction of sp³-hybridized carbons (Fsp3) is 0.250. The van der Waals surface area contributed by atoms with Gasteiger partial charge in [0.25, 0.3) is 5.91 Å². The number of amides is 1. The van der Waals surface area contributed by atoms with Crippen LogP contribution in [-0.4, -0.2) is 16.9 Å². The first-order valence-corrected chi connectivity index (χ1v) is 6.69. The molecule has 2 N–H and O–H groups in total. The van der Waals surface area contributed by atoms with Crippen LogP contribution in [0.5, 0.6) is 0 Å². The van der Waals surface area contributed by atoms with Gasteiger partial charge in [0.2, 0.25) is 0 Å². The highest BCUT2D eigenvalue weighted by molar-refractivity contribution is 5.94. The lowest BCUT2D eigenvalue weighted by Crippen LogP contribution is -2.23. The van der Waals surface area contributed by atoms with Crippen molar-refractivity contribution >= 4 is 11.6 Å². The normalized spacial score (nSPS) is 10.3. The molecular weight excluding hydrogens is 250 g/mol. The molecule has 0 atom stereocenters. The molecule has 104 valence electrons. The molecule has 0 radical (unpaired) electrons. The van der Waals surface area contributed by atoms with Gasteiger partial charge in [0.15, 0.2) is 0 Å². The van der Waals surface area contributed by atoms with Crippen molar-refractivity contribution in [3.63, 3.8) is 0 Å². The molecule has 0 aliphatic carbocycles. The maximum absolute atomic E-state index is 12.1. The maximum atomic E-state index is 12.1. The molecule has 0 saturated heterocycles. The predicted molar refractivity (Wildman–Crippen MR) is 80.6 cm³/mol. The van der Waals surface area contributed by atoms with Crippen LogP contribution in [0.15, 0.2) is 48.8 Å². The van der Waals surface area contributed by atoms with Crippen LogP contribution >= 0.6 is 0 Å². The van der Waals surface area contributed by atoms with E-state index in [2.05, 4.69) is 15.6 Å². The van der Waals surface area contributed by atoms with E-state index < -0.39 is 0 Å². The molecule has 1 heterocycles. The molecule has 2 rings (SSSR count). The molecule has 20 heavy (non-hydrogen) atoms. The molecular formula is C16H19N3O. The number of carbonyl (C=O) groups is 1. The summed E-state index contributed by atoms with van der Waals surface area (Å²) in [5, 5.41) is 6.12. The number of anilines is 1. The van der Waals surface area contributed by atoms with E-state index in [9.17, 15) is 4.79 Å². The summed E-state index contributed by atoms with van der Waals surface area (Å²) in [6.07, 6.45) is 3.29. The number of aromatic nitrogens is 1. The predicted octanol–water partition coefficient (Wildman–Crippen LogP) is 2.83. The molecule has 0 fully saturated rings. The Bertz CT molecular complexity index is 567. The Morgan fingerprint density at radius 3 is 2.65 bits per heavy atom. The van der Waals surface area contributed by atoms with Gasteiger partial charge in [0, 0.05) is 25.0 Å². The zero-order valence-electron chi connectivity index (χ0n) is 11.8. The Labute approximate surface area is 119 Å². The zero-order chi connectivity index (χ0) is 14.4.